The largest absolute Gasteiger partial charge is 0.384 e. The van der Waals surface area contributed by atoms with E-state index in [-0.39, 0.29) is 18.1 Å². The van der Waals surface area contributed by atoms with E-state index in [1.165, 1.54) is 6.42 Å². The van der Waals surface area contributed by atoms with Crippen molar-refractivity contribution in [1.82, 2.24) is 10.3 Å². The summed E-state index contributed by atoms with van der Waals surface area (Å²) >= 11 is 0. The second-order valence-corrected chi connectivity index (χ2v) is 4.86. The Morgan fingerprint density at radius 1 is 1.53 bits per heavy atom. The molecule has 0 bridgehead atoms. The van der Waals surface area contributed by atoms with Crippen molar-refractivity contribution in [2.45, 2.75) is 38.1 Å². The first-order valence-electron chi connectivity index (χ1n) is 6.56. The predicted molar refractivity (Wildman–Crippen MR) is 72.5 cm³/mol. The summed E-state index contributed by atoms with van der Waals surface area (Å²) in [5, 5.41) is 11.8. The predicted octanol–water partition coefficient (Wildman–Crippen LogP) is 1.49. The van der Waals surface area contributed by atoms with Crippen LogP contribution in [0.2, 0.25) is 0 Å². The van der Waals surface area contributed by atoms with E-state index in [1.807, 2.05) is 0 Å². The Bertz CT molecular complexity index is 519. The van der Waals surface area contributed by atoms with E-state index in [4.69, 9.17) is 5.11 Å². The number of carbonyl (C=O) groups excluding carboxylic acids is 1. The number of hydrogen-bond acceptors (Lipinski definition) is 3. The van der Waals surface area contributed by atoms with Crippen LogP contribution >= 0.6 is 0 Å². The number of carbonyl (C=O) groups is 1. The van der Waals surface area contributed by atoms with E-state index in [9.17, 15) is 4.79 Å². The smallest absolute Gasteiger partial charge is 0.253 e. The second-order valence-electron chi connectivity index (χ2n) is 4.86. The number of pyridine rings is 1. The van der Waals surface area contributed by atoms with Gasteiger partial charge in [-0.05, 0) is 31.7 Å². The molecule has 1 amide bonds. The van der Waals surface area contributed by atoms with Crippen molar-refractivity contribution in [2.75, 3.05) is 6.61 Å². The molecule has 4 heteroatoms. The normalized spacial score (nSPS) is 15.9. The van der Waals surface area contributed by atoms with Gasteiger partial charge in [-0.2, -0.15) is 0 Å². The topological polar surface area (TPSA) is 62.2 Å². The number of aliphatic hydroxyl groups is 1. The van der Waals surface area contributed by atoms with Gasteiger partial charge in [0.25, 0.3) is 5.91 Å². The molecular formula is C15H18N2O2. The van der Waals surface area contributed by atoms with Gasteiger partial charge in [0, 0.05) is 23.5 Å². The van der Waals surface area contributed by atoms with Gasteiger partial charge in [0.1, 0.15) is 6.61 Å². The van der Waals surface area contributed by atoms with E-state index in [1.54, 1.807) is 18.5 Å². The Morgan fingerprint density at radius 3 is 2.89 bits per heavy atom. The highest BCUT2D eigenvalue weighted by atomic mass is 16.2. The highest BCUT2D eigenvalue weighted by molar-refractivity contribution is 5.94. The molecule has 0 atom stereocenters. The summed E-state index contributed by atoms with van der Waals surface area (Å²) in [5.41, 5.74) is 1.13. The number of amides is 1. The molecule has 1 heterocycles. The van der Waals surface area contributed by atoms with Crippen LogP contribution in [0.5, 0.6) is 0 Å². The fourth-order valence-electron chi connectivity index (χ4n) is 2.26. The molecule has 1 aromatic heterocycles. The fraction of sp³-hybridized carbons (Fsp3) is 0.467. The molecule has 0 radical (unpaired) electrons. The van der Waals surface area contributed by atoms with Crippen molar-refractivity contribution in [3.8, 4) is 11.8 Å². The molecule has 2 rings (SSSR count). The first kappa shape index (κ1) is 13.6. The number of nitrogens with zero attached hydrogens (tertiary/aromatic N) is 1. The summed E-state index contributed by atoms with van der Waals surface area (Å²) in [6.45, 7) is 1.90. The summed E-state index contributed by atoms with van der Waals surface area (Å²) in [6, 6.07) is 1.70. The Morgan fingerprint density at radius 2 is 2.32 bits per heavy atom. The van der Waals surface area contributed by atoms with Gasteiger partial charge in [-0.1, -0.05) is 18.8 Å². The highest BCUT2D eigenvalue weighted by Gasteiger charge is 2.36. The average molecular weight is 258 g/mol. The number of rotatable bonds is 3. The number of hydrogen-bond donors (Lipinski definition) is 2. The lowest BCUT2D eigenvalue weighted by Crippen LogP contribution is -2.53. The Kier molecular flexibility index (Phi) is 4.18. The molecule has 2 N–H and O–H groups in total. The van der Waals surface area contributed by atoms with Crippen molar-refractivity contribution in [2.24, 2.45) is 0 Å². The van der Waals surface area contributed by atoms with Crippen LogP contribution in [-0.2, 0) is 0 Å². The number of nitrogens with one attached hydrogen (secondary N) is 1. The first-order chi connectivity index (χ1) is 9.19. The van der Waals surface area contributed by atoms with Crippen LogP contribution < -0.4 is 5.32 Å². The van der Waals surface area contributed by atoms with E-state index in [0.717, 1.165) is 19.3 Å². The zero-order valence-corrected chi connectivity index (χ0v) is 11.1. The number of aliphatic hydroxyl groups excluding tert-OH is 1. The van der Waals surface area contributed by atoms with Crippen molar-refractivity contribution >= 4 is 5.91 Å². The van der Waals surface area contributed by atoms with Crippen LogP contribution in [0.25, 0.3) is 0 Å². The molecule has 100 valence electrons. The molecule has 0 aromatic carbocycles. The van der Waals surface area contributed by atoms with E-state index < -0.39 is 0 Å². The van der Waals surface area contributed by atoms with E-state index in [0.29, 0.717) is 11.1 Å². The van der Waals surface area contributed by atoms with Crippen LogP contribution in [0.1, 0.15) is 48.5 Å². The van der Waals surface area contributed by atoms with Crippen molar-refractivity contribution < 1.29 is 9.90 Å². The third-order valence-electron chi connectivity index (χ3n) is 3.68. The molecule has 4 nitrogen and oxygen atoms in total. The SMILES string of the molecule is CCC1(NC(=O)c2cncc(C#CCO)c2)CCC1. The maximum absolute atomic E-state index is 12.2. The summed E-state index contributed by atoms with van der Waals surface area (Å²) in [6.07, 6.45) is 7.35. The minimum atomic E-state index is -0.199. The molecule has 0 saturated heterocycles. The monoisotopic (exact) mass is 258 g/mol. The summed E-state index contributed by atoms with van der Waals surface area (Å²) < 4.78 is 0. The van der Waals surface area contributed by atoms with Gasteiger partial charge in [0.05, 0.1) is 5.56 Å². The maximum atomic E-state index is 12.2. The summed E-state index contributed by atoms with van der Waals surface area (Å²) in [5.74, 6) is 5.20. The van der Waals surface area contributed by atoms with Gasteiger partial charge < -0.3 is 10.4 Å². The minimum Gasteiger partial charge on any atom is -0.384 e. The Labute approximate surface area is 113 Å². The summed E-state index contributed by atoms with van der Waals surface area (Å²) in [7, 11) is 0. The molecule has 1 aliphatic rings. The zero-order valence-electron chi connectivity index (χ0n) is 11.1. The van der Waals surface area contributed by atoms with Crippen LogP contribution in [0.3, 0.4) is 0 Å². The lowest BCUT2D eigenvalue weighted by atomic mass is 9.74. The quantitative estimate of drug-likeness (QED) is 0.807. The minimum absolute atomic E-state index is 0.0239. The maximum Gasteiger partial charge on any atom is 0.253 e. The molecule has 0 spiro atoms. The van der Waals surface area contributed by atoms with Crippen LogP contribution in [0.15, 0.2) is 18.5 Å². The second kappa shape index (κ2) is 5.85. The highest BCUT2D eigenvalue weighted by Crippen LogP contribution is 2.34. The molecule has 0 unspecified atom stereocenters. The van der Waals surface area contributed by atoms with Crippen LogP contribution in [0.4, 0.5) is 0 Å². The third-order valence-corrected chi connectivity index (χ3v) is 3.68. The van der Waals surface area contributed by atoms with Crippen molar-refractivity contribution in [3.05, 3.63) is 29.6 Å². The fourth-order valence-corrected chi connectivity index (χ4v) is 2.26. The number of aromatic nitrogens is 1. The molecule has 1 fully saturated rings. The summed E-state index contributed by atoms with van der Waals surface area (Å²) in [4.78, 5) is 16.2. The molecule has 0 aliphatic heterocycles. The van der Waals surface area contributed by atoms with Gasteiger partial charge >= 0.3 is 0 Å². The molecule has 1 saturated carbocycles. The van der Waals surface area contributed by atoms with Crippen molar-refractivity contribution in [1.29, 1.82) is 0 Å². The first-order valence-corrected chi connectivity index (χ1v) is 6.56. The lowest BCUT2D eigenvalue weighted by molar-refractivity contribution is 0.0820. The lowest BCUT2D eigenvalue weighted by Gasteiger charge is -2.42. The average Bonchev–Trinajstić information content (AvgIpc) is 2.40. The van der Waals surface area contributed by atoms with Gasteiger partial charge in [-0.15, -0.1) is 0 Å². The molecule has 1 aromatic rings. The van der Waals surface area contributed by atoms with Crippen molar-refractivity contribution in [3.63, 3.8) is 0 Å². The van der Waals surface area contributed by atoms with E-state index in [2.05, 4.69) is 29.1 Å². The van der Waals surface area contributed by atoms with Gasteiger partial charge in [-0.3, -0.25) is 9.78 Å². The zero-order chi connectivity index (χ0) is 13.7. The Hall–Kier alpha value is -1.86. The molecule has 1 aliphatic carbocycles. The van der Waals surface area contributed by atoms with Gasteiger partial charge in [-0.25, -0.2) is 0 Å². The van der Waals surface area contributed by atoms with Gasteiger partial charge in [0.15, 0.2) is 0 Å². The van der Waals surface area contributed by atoms with Gasteiger partial charge in [0.2, 0.25) is 0 Å². The van der Waals surface area contributed by atoms with Crippen LogP contribution in [0, 0.1) is 11.8 Å². The Balaban J connectivity index is 2.10. The van der Waals surface area contributed by atoms with E-state index >= 15 is 0 Å². The van der Waals surface area contributed by atoms with Crippen LogP contribution in [-0.4, -0.2) is 28.1 Å². The molecular weight excluding hydrogens is 240 g/mol. The standard InChI is InChI=1S/C15H18N2O2/c1-2-15(6-4-7-15)17-14(19)13-9-12(5-3-8-18)10-16-11-13/h9-11,18H,2,4,6-8H2,1H3,(H,17,19). The third kappa shape index (κ3) is 3.12. The molecule has 19 heavy (non-hydrogen) atoms.